The van der Waals surface area contributed by atoms with Gasteiger partial charge in [0.05, 0.1) is 7.11 Å². The molecule has 0 saturated heterocycles. The van der Waals surface area contributed by atoms with E-state index in [1.807, 2.05) is 36.2 Å². The van der Waals surface area contributed by atoms with Crippen LogP contribution in [0.5, 0.6) is 5.75 Å². The van der Waals surface area contributed by atoms with Gasteiger partial charge in [0.2, 0.25) is 0 Å². The van der Waals surface area contributed by atoms with Gasteiger partial charge in [0.25, 0.3) is 5.91 Å². The minimum atomic E-state index is 0.102. The first kappa shape index (κ1) is 14.6. The summed E-state index contributed by atoms with van der Waals surface area (Å²) >= 11 is 0. The molecule has 0 spiro atoms. The summed E-state index contributed by atoms with van der Waals surface area (Å²) in [5, 5.41) is 0. The Morgan fingerprint density at radius 2 is 2.15 bits per heavy atom. The molecule has 0 heterocycles. The van der Waals surface area contributed by atoms with Crippen LogP contribution < -0.4 is 4.74 Å². The fourth-order valence-corrected chi connectivity index (χ4v) is 2.89. The number of nitrogens with zero attached hydrogens (tertiary/aromatic N) is 1. The minimum Gasteiger partial charge on any atom is -0.496 e. The summed E-state index contributed by atoms with van der Waals surface area (Å²) in [6.45, 7) is 3.75. The maximum atomic E-state index is 12.5. The van der Waals surface area contributed by atoms with Gasteiger partial charge >= 0.3 is 0 Å². The van der Waals surface area contributed by atoms with E-state index in [0.717, 1.165) is 29.7 Å². The molecule has 2 rings (SSSR count). The Morgan fingerprint density at radius 1 is 1.45 bits per heavy atom. The molecule has 3 heteroatoms. The molecule has 0 aliphatic heterocycles. The van der Waals surface area contributed by atoms with Crippen LogP contribution in [0.3, 0.4) is 0 Å². The molecule has 1 aliphatic carbocycles. The molecular formula is C17H23NO2. The molecule has 1 aromatic rings. The number of amides is 1. The quantitative estimate of drug-likeness (QED) is 0.769. The molecule has 3 nitrogen and oxygen atoms in total. The van der Waals surface area contributed by atoms with Crippen molar-refractivity contribution in [3.05, 3.63) is 42.0 Å². The van der Waals surface area contributed by atoms with Crippen molar-refractivity contribution in [2.45, 2.75) is 38.1 Å². The second kappa shape index (κ2) is 6.60. The molecule has 1 fully saturated rings. The first-order chi connectivity index (χ1) is 9.67. The molecule has 108 valence electrons. The van der Waals surface area contributed by atoms with Gasteiger partial charge in [-0.1, -0.05) is 18.9 Å². The predicted octanol–water partition coefficient (Wildman–Crippen LogP) is 3.44. The monoisotopic (exact) mass is 273 g/mol. The Kier molecular flexibility index (Phi) is 4.83. The molecule has 1 aromatic carbocycles. The summed E-state index contributed by atoms with van der Waals surface area (Å²) in [6, 6.07) is 6.04. The SMILES string of the molecule is C=CCc1cc(C(=O)N(C)C2CCCC2)ccc1OC. The standard InChI is InChI=1S/C17H23NO2/c1-4-7-13-12-14(10-11-16(13)20-3)17(19)18(2)15-8-5-6-9-15/h4,10-12,15H,1,5-9H2,2-3H3. The third kappa shape index (κ3) is 3.03. The van der Waals surface area contributed by atoms with Crippen LogP contribution in [0.25, 0.3) is 0 Å². The van der Waals surface area contributed by atoms with Crippen LogP contribution in [-0.4, -0.2) is 31.0 Å². The lowest BCUT2D eigenvalue weighted by atomic mass is 10.0. The van der Waals surface area contributed by atoms with E-state index in [4.69, 9.17) is 4.74 Å². The Morgan fingerprint density at radius 3 is 2.75 bits per heavy atom. The highest BCUT2D eigenvalue weighted by Gasteiger charge is 2.24. The van der Waals surface area contributed by atoms with Crippen molar-refractivity contribution in [1.82, 2.24) is 4.90 Å². The Hall–Kier alpha value is -1.77. The number of rotatable bonds is 5. The van der Waals surface area contributed by atoms with Gasteiger partial charge in [-0.2, -0.15) is 0 Å². The van der Waals surface area contributed by atoms with Crippen LogP contribution >= 0.6 is 0 Å². The normalized spacial score (nSPS) is 15.1. The smallest absolute Gasteiger partial charge is 0.253 e. The zero-order valence-electron chi connectivity index (χ0n) is 12.4. The van der Waals surface area contributed by atoms with Crippen molar-refractivity contribution in [1.29, 1.82) is 0 Å². The van der Waals surface area contributed by atoms with Crippen LogP contribution in [-0.2, 0) is 6.42 Å². The van der Waals surface area contributed by atoms with E-state index in [2.05, 4.69) is 6.58 Å². The summed E-state index contributed by atoms with van der Waals surface area (Å²) in [5.74, 6) is 0.912. The largest absolute Gasteiger partial charge is 0.496 e. The topological polar surface area (TPSA) is 29.5 Å². The Labute approximate surface area is 121 Å². The zero-order valence-corrected chi connectivity index (χ0v) is 12.4. The highest BCUT2D eigenvalue weighted by molar-refractivity contribution is 5.94. The number of methoxy groups -OCH3 is 1. The third-order valence-electron chi connectivity index (χ3n) is 4.08. The average molecular weight is 273 g/mol. The van der Waals surface area contributed by atoms with Gasteiger partial charge in [-0.15, -0.1) is 6.58 Å². The van der Waals surface area contributed by atoms with Gasteiger partial charge in [-0.05, 0) is 43.0 Å². The van der Waals surface area contributed by atoms with Gasteiger partial charge in [0, 0.05) is 18.7 Å². The molecule has 0 atom stereocenters. The number of allylic oxidation sites excluding steroid dienone is 1. The van der Waals surface area contributed by atoms with Crippen LogP contribution in [0.15, 0.2) is 30.9 Å². The van der Waals surface area contributed by atoms with E-state index in [-0.39, 0.29) is 5.91 Å². The van der Waals surface area contributed by atoms with Gasteiger partial charge < -0.3 is 9.64 Å². The maximum Gasteiger partial charge on any atom is 0.253 e. The van der Waals surface area contributed by atoms with E-state index in [1.54, 1.807) is 7.11 Å². The fraction of sp³-hybridized carbons (Fsp3) is 0.471. The van der Waals surface area contributed by atoms with Crippen molar-refractivity contribution in [3.8, 4) is 5.75 Å². The van der Waals surface area contributed by atoms with Crippen molar-refractivity contribution in [2.75, 3.05) is 14.2 Å². The minimum absolute atomic E-state index is 0.102. The van der Waals surface area contributed by atoms with Gasteiger partial charge in [-0.25, -0.2) is 0 Å². The maximum absolute atomic E-state index is 12.5. The lowest BCUT2D eigenvalue weighted by molar-refractivity contribution is 0.0735. The number of carbonyl (C=O) groups is 1. The van der Waals surface area contributed by atoms with Crippen LogP contribution in [0, 0.1) is 0 Å². The second-order valence-corrected chi connectivity index (χ2v) is 5.37. The van der Waals surface area contributed by atoms with E-state index in [0.29, 0.717) is 12.5 Å². The van der Waals surface area contributed by atoms with Gasteiger partial charge in [0.15, 0.2) is 0 Å². The zero-order chi connectivity index (χ0) is 14.5. The average Bonchev–Trinajstić information content (AvgIpc) is 3.00. The highest BCUT2D eigenvalue weighted by atomic mass is 16.5. The molecule has 1 amide bonds. The number of hydrogen-bond donors (Lipinski definition) is 0. The summed E-state index contributed by atoms with van der Waals surface area (Å²) in [6.07, 6.45) is 7.24. The molecule has 0 radical (unpaired) electrons. The van der Waals surface area contributed by atoms with E-state index in [1.165, 1.54) is 12.8 Å². The van der Waals surface area contributed by atoms with E-state index >= 15 is 0 Å². The fourth-order valence-electron chi connectivity index (χ4n) is 2.89. The Balaban J connectivity index is 2.20. The van der Waals surface area contributed by atoms with Crippen molar-refractivity contribution in [3.63, 3.8) is 0 Å². The molecule has 0 aromatic heterocycles. The molecule has 0 bridgehead atoms. The predicted molar refractivity (Wildman–Crippen MR) is 81.2 cm³/mol. The van der Waals surface area contributed by atoms with Gasteiger partial charge in [0.1, 0.15) is 5.75 Å². The molecule has 0 N–H and O–H groups in total. The molecular weight excluding hydrogens is 250 g/mol. The van der Waals surface area contributed by atoms with Crippen LogP contribution in [0.1, 0.15) is 41.6 Å². The first-order valence-electron chi connectivity index (χ1n) is 7.22. The molecule has 20 heavy (non-hydrogen) atoms. The highest BCUT2D eigenvalue weighted by Crippen LogP contribution is 2.25. The number of ether oxygens (including phenoxy) is 1. The molecule has 1 aliphatic rings. The number of hydrogen-bond acceptors (Lipinski definition) is 2. The first-order valence-corrected chi connectivity index (χ1v) is 7.22. The molecule has 1 saturated carbocycles. The summed E-state index contributed by atoms with van der Waals surface area (Å²) in [4.78, 5) is 14.4. The number of benzene rings is 1. The summed E-state index contributed by atoms with van der Waals surface area (Å²) in [7, 11) is 3.56. The molecule has 0 unspecified atom stereocenters. The van der Waals surface area contributed by atoms with Crippen molar-refractivity contribution in [2.24, 2.45) is 0 Å². The Bertz CT molecular complexity index is 490. The van der Waals surface area contributed by atoms with Crippen LogP contribution in [0.2, 0.25) is 0 Å². The summed E-state index contributed by atoms with van der Waals surface area (Å²) in [5.41, 5.74) is 1.74. The van der Waals surface area contributed by atoms with E-state index < -0.39 is 0 Å². The second-order valence-electron chi connectivity index (χ2n) is 5.37. The van der Waals surface area contributed by atoms with Gasteiger partial charge in [-0.3, -0.25) is 4.79 Å². The van der Waals surface area contributed by atoms with Crippen molar-refractivity contribution >= 4 is 5.91 Å². The summed E-state index contributed by atoms with van der Waals surface area (Å²) < 4.78 is 5.32. The lowest BCUT2D eigenvalue weighted by Gasteiger charge is -2.24. The number of carbonyl (C=O) groups excluding carboxylic acids is 1. The van der Waals surface area contributed by atoms with E-state index in [9.17, 15) is 4.79 Å². The lowest BCUT2D eigenvalue weighted by Crippen LogP contribution is -2.35. The van der Waals surface area contributed by atoms with Crippen LogP contribution in [0.4, 0.5) is 0 Å². The van der Waals surface area contributed by atoms with Crippen molar-refractivity contribution < 1.29 is 9.53 Å². The third-order valence-corrected chi connectivity index (χ3v) is 4.08.